The number of anilines is 1. The van der Waals surface area contributed by atoms with Crippen molar-refractivity contribution >= 4 is 39.3 Å². The lowest BCUT2D eigenvalue weighted by atomic mass is 10.1. The van der Waals surface area contributed by atoms with E-state index in [2.05, 4.69) is 26.3 Å². The van der Waals surface area contributed by atoms with Crippen molar-refractivity contribution in [3.8, 4) is 0 Å². The number of nitrogens with one attached hydrogen (secondary N) is 1. The number of nitrogens with zero attached hydrogens (tertiary/aromatic N) is 2. The van der Waals surface area contributed by atoms with Gasteiger partial charge in [0.25, 0.3) is 0 Å². The van der Waals surface area contributed by atoms with Gasteiger partial charge in [0, 0.05) is 11.5 Å². The SMILES string of the molecule is Cc1nn(C)c(NC(=O)Cc2ccc(Br)cc2)c1Cl. The Morgan fingerprint density at radius 3 is 2.58 bits per heavy atom. The first kappa shape index (κ1) is 14.1. The minimum Gasteiger partial charge on any atom is -0.309 e. The van der Waals surface area contributed by atoms with Crippen LogP contribution in [0.25, 0.3) is 0 Å². The molecule has 1 aromatic heterocycles. The van der Waals surface area contributed by atoms with Crippen LogP contribution in [0.2, 0.25) is 5.02 Å². The fourth-order valence-corrected chi connectivity index (χ4v) is 2.20. The van der Waals surface area contributed by atoms with Crippen LogP contribution in [0.5, 0.6) is 0 Å². The second kappa shape index (κ2) is 5.75. The molecule has 1 aromatic carbocycles. The Bertz CT molecular complexity index is 607. The van der Waals surface area contributed by atoms with Crippen LogP contribution in [-0.4, -0.2) is 15.7 Å². The highest BCUT2D eigenvalue weighted by atomic mass is 79.9. The van der Waals surface area contributed by atoms with Crippen molar-refractivity contribution < 1.29 is 4.79 Å². The van der Waals surface area contributed by atoms with Crippen LogP contribution in [0, 0.1) is 6.92 Å². The summed E-state index contributed by atoms with van der Waals surface area (Å²) in [6.07, 6.45) is 0.299. The molecule has 0 atom stereocenters. The quantitative estimate of drug-likeness (QED) is 0.930. The van der Waals surface area contributed by atoms with E-state index in [0.717, 1.165) is 10.0 Å². The highest BCUT2D eigenvalue weighted by Crippen LogP contribution is 2.24. The predicted molar refractivity (Wildman–Crippen MR) is 79.4 cm³/mol. The van der Waals surface area contributed by atoms with Gasteiger partial charge in [-0.3, -0.25) is 9.48 Å². The van der Waals surface area contributed by atoms with Gasteiger partial charge in [0.1, 0.15) is 10.8 Å². The van der Waals surface area contributed by atoms with Crippen LogP contribution in [-0.2, 0) is 18.3 Å². The van der Waals surface area contributed by atoms with Crippen molar-refractivity contribution in [3.63, 3.8) is 0 Å². The van der Waals surface area contributed by atoms with Crippen molar-refractivity contribution in [2.75, 3.05) is 5.32 Å². The zero-order valence-corrected chi connectivity index (χ0v) is 12.9. The summed E-state index contributed by atoms with van der Waals surface area (Å²) in [5.74, 6) is 0.411. The van der Waals surface area contributed by atoms with Crippen LogP contribution in [0.4, 0.5) is 5.82 Å². The summed E-state index contributed by atoms with van der Waals surface area (Å²) in [5, 5.41) is 7.40. The molecule has 0 saturated heterocycles. The molecular weight excluding hydrogens is 330 g/mol. The van der Waals surface area contributed by atoms with E-state index in [-0.39, 0.29) is 5.91 Å². The van der Waals surface area contributed by atoms with E-state index in [9.17, 15) is 4.79 Å². The van der Waals surface area contributed by atoms with Gasteiger partial charge in [-0.2, -0.15) is 5.10 Å². The molecule has 1 heterocycles. The molecular formula is C13H13BrClN3O. The number of aromatic nitrogens is 2. The van der Waals surface area contributed by atoms with E-state index in [1.807, 2.05) is 24.3 Å². The molecule has 19 heavy (non-hydrogen) atoms. The molecule has 0 aliphatic rings. The summed E-state index contributed by atoms with van der Waals surface area (Å²) in [7, 11) is 1.74. The lowest BCUT2D eigenvalue weighted by Crippen LogP contribution is -2.16. The molecule has 0 saturated carbocycles. The van der Waals surface area contributed by atoms with E-state index >= 15 is 0 Å². The van der Waals surface area contributed by atoms with Crippen LogP contribution in [0.3, 0.4) is 0 Å². The van der Waals surface area contributed by atoms with Crippen LogP contribution in [0.1, 0.15) is 11.3 Å². The number of hydrogen-bond acceptors (Lipinski definition) is 2. The Labute approximate surface area is 124 Å². The molecule has 0 aliphatic heterocycles. The molecule has 0 spiro atoms. The molecule has 2 aromatic rings. The highest BCUT2D eigenvalue weighted by Gasteiger charge is 2.13. The third-order valence-corrected chi connectivity index (χ3v) is 3.67. The number of hydrogen-bond donors (Lipinski definition) is 1. The third kappa shape index (κ3) is 3.36. The smallest absolute Gasteiger partial charge is 0.229 e. The van der Waals surface area contributed by atoms with E-state index in [1.165, 1.54) is 0 Å². The molecule has 0 fully saturated rings. The zero-order chi connectivity index (χ0) is 14.0. The second-order valence-corrected chi connectivity index (χ2v) is 5.52. The maximum Gasteiger partial charge on any atom is 0.229 e. The number of halogens is 2. The summed E-state index contributed by atoms with van der Waals surface area (Å²) in [6, 6.07) is 7.62. The number of amides is 1. The molecule has 6 heteroatoms. The minimum atomic E-state index is -0.118. The van der Waals surface area contributed by atoms with E-state index in [0.29, 0.717) is 23.0 Å². The first-order valence-electron chi connectivity index (χ1n) is 5.70. The number of benzene rings is 1. The summed E-state index contributed by atoms with van der Waals surface area (Å²) in [5.41, 5.74) is 1.64. The monoisotopic (exact) mass is 341 g/mol. The van der Waals surface area contributed by atoms with Crippen LogP contribution in [0.15, 0.2) is 28.7 Å². The maximum atomic E-state index is 12.0. The molecule has 100 valence electrons. The Morgan fingerprint density at radius 1 is 1.42 bits per heavy atom. The molecule has 0 radical (unpaired) electrons. The molecule has 1 N–H and O–H groups in total. The zero-order valence-electron chi connectivity index (χ0n) is 10.6. The van der Waals surface area contributed by atoms with Gasteiger partial charge in [-0.25, -0.2) is 0 Å². The summed E-state index contributed by atoms with van der Waals surface area (Å²) in [6.45, 7) is 1.80. The molecule has 4 nitrogen and oxygen atoms in total. The fourth-order valence-electron chi connectivity index (χ4n) is 1.73. The van der Waals surface area contributed by atoms with Gasteiger partial charge in [-0.1, -0.05) is 39.7 Å². The van der Waals surface area contributed by atoms with E-state index in [4.69, 9.17) is 11.6 Å². The van der Waals surface area contributed by atoms with E-state index < -0.39 is 0 Å². The van der Waals surface area contributed by atoms with Crippen molar-refractivity contribution in [1.82, 2.24) is 9.78 Å². The molecule has 1 amide bonds. The highest BCUT2D eigenvalue weighted by molar-refractivity contribution is 9.10. The van der Waals surface area contributed by atoms with Crippen LogP contribution >= 0.6 is 27.5 Å². The number of carbonyl (C=O) groups excluding carboxylic acids is 1. The molecule has 0 bridgehead atoms. The number of aryl methyl sites for hydroxylation is 2. The first-order chi connectivity index (χ1) is 8.97. The van der Waals surface area contributed by atoms with Crippen molar-refractivity contribution in [2.45, 2.75) is 13.3 Å². The van der Waals surface area contributed by atoms with Gasteiger partial charge in [0.15, 0.2) is 0 Å². The Hall–Kier alpha value is -1.33. The lowest BCUT2D eigenvalue weighted by molar-refractivity contribution is -0.115. The summed E-state index contributed by atoms with van der Waals surface area (Å²) < 4.78 is 2.55. The largest absolute Gasteiger partial charge is 0.309 e. The molecule has 2 rings (SSSR count). The molecule has 0 unspecified atom stereocenters. The topological polar surface area (TPSA) is 46.9 Å². The lowest BCUT2D eigenvalue weighted by Gasteiger charge is -2.06. The van der Waals surface area contributed by atoms with Gasteiger partial charge >= 0.3 is 0 Å². The average molecular weight is 343 g/mol. The second-order valence-electron chi connectivity index (χ2n) is 4.22. The first-order valence-corrected chi connectivity index (χ1v) is 6.88. The maximum absolute atomic E-state index is 12.0. The Balaban J connectivity index is 2.07. The number of rotatable bonds is 3. The standard InChI is InChI=1S/C13H13BrClN3O/c1-8-12(15)13(18(2)17-8)16-11(19)7-9-3-5-10(14)6-4-9/h3-6H,7H2,1-2H3,(H,16,19). The Kier molecular flexibility index (Phi) is 4.27. The van der Waals surface area contributed by atoms with Gasteiger partial charge < -0.3 is 5.32 Å². The summed E-state index contributed by atoms with van der Waals surface area (Å²) >= 11 is 9.44. The number of carbonyl (C=O) groups is 1. The Morgan fingerprint density at radius 2 is 2.05 bits per heavy atom. The molecule has 0 aliphatic carbocycles. The summed E-state index contributed by atoms with van der Waals surface area (Å²) in [4.78, 5) is 12.0. The van der Waals surface area contributed by atoms with E-state index in [1.54, 1.807) is 18.7 Å². The van der Waals surface area contributed by atoms with Gasteiger partial charge in [0.2, 0.25) is 5.91 Å². The van der Waals surface area contributed by atoms with Crippen LogP contribution < -0.4 is 5.32 Å². The van der Waals surface area contributed by atoms with Crippen molar-refractivity contribution in [1.29, 1.82) is 0 Å². The fraction of sp³-hybridized carbons (Fsp3) is 0.231. The minimum absolute atomic E-state index is 0.118. The van der Waals surface area contributed by atoms with Gasteiger partial charge in [0.05, 0.1) is 12.1 Å². The van der Waals surface area contributed by atoms with Gasteiger partial charge in [-0.05, 0) is 24.6 Å². The third-order valence-electron chi connectivity index (χ3n) is 2.68. The van der Waals surface area contributed by atoms with Crippen molar-refractivity contribution in [2.24, 2.45) is 7.05 Å². The van der Waals surface area contributed by atoms with Gasteiger partial charge in [-0.15, -0.1) is 0 Å². The average Bonchev–Trinajstić information content (AvgIpc) is 2.59. The normalized spacial score (nSPS) is 10.5. The van der Waals surface area contributed by atoms with Crippen molar-refractivity contribution in [3.05, 3.63) is 45.0 Å². The predicted octanol–water partition coefficient (Wildman–Crippen LogP) is 3.33.